The molecule has 1 aromatic carbocycles. The number of hydrogen-bond donors (Lipinski definition) is 2. The number of nitrogens with one attached hydrogen (secondary N) is 1. The maximum atomic E-state index is 12.6. The van der Waals surface area contributed by atoms with E-state index < -0.39 is 11.8 Å². The summed E-state index contributed by atoms with van der Waals surface area (Å²) >= 11 is 0. The summed E-state index contributed by atoms with van der Waals surface area (Å²) in [6.45, 7) is 2.31. The molecule has 140 valence electrons. The van der Waals surface area contributed by atoms with Crippen LogP contribution < -0.4 is 5.73 Å². The molecule has 1 fully saturated rings. The fourth-order valence-corrected chi connectivity index (χ4v) is 3.52. The number of H-pyrrole nitrogens is 1. The number of primary amides is 1. The molecule has 9 nitrogen and oxygen atoms in total. The van der Waals surface area contributed by atoms with Gasteiger partial charge < -0.3 is 20.1 Å². The zero-order valence-electron chi connectivity index (χ0n) is 14.9. The van der Waals surface area contributed by atoms with E-state index in [2.05, 4.69) is 20.1 Å². The van der Waals surface area contributed by atoms with E-state index in [1.165, 1.54) is 0 Å². The molecule has 2 atom stereocenters. The summed E-state index contributed by atoms with van der Waals surface area (Å²) in [5, 5.41) is 3.77. The Labute approximate surface area is 154 Å². The van der Waals surface area contributed by atoms with Crippen LogP contribution in [0.25, 0.3) is 11.0 Å². The molecule has 0 spiro atoms. The highest BCUT2D eigenvalue weighted by molar-refractivity contribution is 5.82. The summed E-state index contributed by atoms with van der Waals surface area (Å²) in [7, 11) is 0. The van der Waals surface area contributed by atoms with Gasteiger partial charge >= 0.3 is 0 Å². The highest BCUT2D eigenvalue weighted by atomic mass is 16.5. The molecule has 3 N–H and O–H groups in total. The Morgan fingerprint density at radius 1 is 1.30 bits per heavy atom. The van der Waals surface area contributed by atoms with Gasteiger partial charge in [0.05, 0.1) is 22.9 Å². The van der Waals surface area contributed by atoms with E-state index in [-0.39, 0.29) is 18.4 Å². The number of nitrogens with two attached hydrogens (primary N) is 1. The second kappa shape index (κ2) is 6.82. The van der Waals surface area contributed by atoms with Gasteiger partial charge in [-0.1, -0.05) is 17.3 Å². The first-order valence-corrected chi connectivity index (χ1v) is 8.82. The first-order valence-electron chi connectivity index (χ1n) is 8.82. The predicted molar refractivity (Wildman–Crippen MR) is 95.5 cm³/mol. The van der Waals surface area contributed by atoms with E-state index in [1.54, 1.807) is 11.8 Å². The molecule has 0 aliphatic carbocycles. The predicted octanol–water partition coefficient (Wildman–Crippen LogP) is 0.914. The zero-order valence-corrected chi connectivity index (χ0v) is 14.9. The van der Waals surface area contributed by atoms with Crippen LogP contribution in [0.2, 0.25) is 0 Å². The summed E-state index contributed by atoms with van der Waals surface area (Å²) in [6, 6.07) is 7.73. The minimum atomic E-state index is -0.528. The minimum Gasteiger partial charge on any atom is -0.369 e. The third-order valence-electron chi connectivity index (χ3n) is 4.91. The Hall–Kier alpha value is -3.23. The molecule has 1 aliphatic heterocycles. The Balaban J connectivity index is 1.43. The number of aryl methyl sites for hydroxylation is 2. The maximum Gasteiger partial charge on any atom is 0.232 e. The standard InChI is InChI=1S/C18H20N6O3/c1-10-20-18(27-23-10)12-9-24(8-11(12)17(19)26)16(25)7-6-15-21-13-4-2-3-5-14(13)22-15/h2-5,11-12H,6-9H2,1H3,(H2,19,26)(H,21,22). The summed E-state index contributed by atoms with van der Waals surface area (Å²) in [5.41, 5.74) is 7.34. The summed E-state index contributed by atoms with van der Waals surface area (Å²) in [4.78, 5) is 38.0. The normalized spacial score (nSPS) is 19.7. The molecule has 9 heteroatoms. The van der Waals surface area contributed by atoms with Crippen molar-refractivity contribution < 1.29 is 14.1 Å². The van der Waals surface area contributed by atoms with Gasteiger partial charge in [0.1, 0.15) is 5.82 Å². The lowest BCUT2D eigenvalue weighted by Crippen LogP contribution is -2.32. The largest absolute Gasteiger partial charge is 0.369 e. The highest BCUT2D eigenvalue weighted by Gasteiger charge is 2.42. The van der Waals surface area contributed by atoms with Gasteiger partial charge in [-0.3, -0.25) is 9.59 Å². The number of aromatic nitrogens is 4. The quantitative estimate of drug-likeness (QED) is 0.688. The molecule has 1 aliphatic rings. The summed E-state index contributed by atoms with van der Waals surface area (Å²) < 4.78 is 5.20. The third kappa shape index (κ3) is 3.40. The van der Waals surface area contributed by atoms with Crippen molar-refractivity contribution >= 4 is 22.8 Å². The van der Waals surface area contributed by atoms with Crippen molar-refractivity contribution in [2.24, 2.45) is 11.7 Å². The summed E-state index contributed by atoms with van der Waals surface area (Å²) in [6.07, 6.45) is 0.788. The van der Waals surface area contributed by atoms with E-state index in [4.69, 9.17) is 10.3 Å². The van der Waals surface area contributed by atoms with Crippen molar-refractivity contribution in [3.8, 4) is 0 Å². The van der Waals surface area contributed by atoms with Gasteiger partial charge in [0.25, 0.3) is 0 Å². The molecule has 0 saturated carbocycles. The van der Waals surface area contributed by atoms with Crippen molar-refractivity contribution in [2.45, 2.75) is 25.7 Å². The number of fused-ring (bicyclic) bond motifs is 1. The minimum absolute atomic E-state index is 0.0551. The molecule has 0 radical (unpaired) electrons. The zero-order chi connectivity index (χ0) is 19.0. The summed E-state index contributed by atoms with van der Waals surface area (Å²) in [5.74, 6) is 0.189. The smallest absolute Gasteiger partial charge is 0.232 e. The average molecular weight is 368 g/mol. The SMILES string of the molecule is Cc1noc(C2CN(C(=O)CCc3nc4ccccc4[nH]3)CC2C(N)=O)n1. The van der Waals surface area contributed by atoms with Crippen LogP contribution in [0.4, 0.5) is 0 Å². The van der Waals surface area contributed by atoms with E-state index in [0.29, 0.717) is 31.1 Å². The molecule has 1 saturated heterocycles. The number of amides is 2. The van der Waals surface area contributed by atoms with Crippen molar-refractivity contribution in [1.82, 2.24) is 25.0 Å². The van der Waals surface area contributed by atoms with Crippen LogP contribution in [0.5, 0.6) is 0 Å². The molecule has 0 bridgehead atoms. The first-order chi connectivity index (χ1) is 13.0. The number of benzene rings is 1. The van der Waals surface area contributed by atoms with Crippen LogP contribution in [-0.4, -0.2) is 49.9 Å². The lowest BCUT2D eigenvalue weighted by atomic mass is 9.95. The molecule has 2 amide bonds. The van der Waals surface area contributed by atoms with Crippen LogP contribution in [0.1, 0.15) is 29.9 Å². The topological polar surface area (TPSA) is 131 Å². The van der Waals surface area contributed by atoms with Crippen molar-refractivity contribution in [1.29, 1.82) is 0 Å². The molecule has 4 rings (SSSR count). The molecule has 27 heavy (non-hydrogen) atoms. The van der Waals surface area contributed by atoms with E-state index in [1.807, 2.05) is 24.3 Å². The van der Waals surface area contributed by atoms with Gasteiger partial charge in [0.15, 0.2) is 5.82 Å². The number of imidazole rings is 1. The van der Waals surface area contributed by atoms with E-state index in [0.717, 1.165) is 16.9 Å². The van der Waals surface area contributed by atoms with Crippen LogP contribution in [0.15, 0.2) is 28.8 Å². The van der Waals surface area contributed by atoms with E-state index in [9.17, 15) is 9.59 Å². The van der Waals surface area contributed by atoms with Crippen molar-refractivity contribution in [3.05, 3.63) is 41.8 Å². The fraction of sp³-hybridized carbons (Fsp3) is 0.389. The second-order valence-electron chi connectivity index (χ2n) is 6.79. The molecule has 3 heterocycles. The first kappa shape index (κ1) is 17.2. The number of rotatable bonds is 5. The van der Waals surface area contributed by atoms with Gasteiger partial charge in [-0.2, -0.15) is 4.98 Å². The molecule has 2 aromatic heterocycles. The Morgan fingerprint density at radius 3 is 2.81 bits per heavy atom. The van der Waals surface area contributed by atoms with Crippen LogP contribution in [0, 0.1) is 12.8 Å². The fourth-order valence-electron chi connectivity index (χ4n) is 3.52. The van der Waals surface area contributed by atoms with Gasteiger partial charge in [-0.25, -0.2) is 4.98 Å². The molecular formula is C18H20N6O3. The Kier molecular flexibility index (Phi) is 4.35. The van der Waals surface area contributed by atoms with Crippen LogP contribution in [0.3, 0.4) is 0 Å². The monoisotopic (exact) mass is 368 g/mol. The molecule has 3 aromatic rings. The average Bonchev–Trinajstić information content (AvgIpc) is 3.36. The number of aromatic amines is 1. The second-order valence-corrected chi connectivity index (χ2v) is 6.79. The van der Waals surface area contributed by atoms with Gasteiger partial charge in [0.2, 0.25) is 17.7 Å². The van der Waals surface area contributed by atoms with Crippen LogP contribution in [-0.2, 0) is 16.0 Å². The maximum absolute atomic E-state index is 12.6. The number of carbonyl (C=O) groups is 2. The molecular weight excluding hydrogens is 348 g/mol. The number of likely N-dealkylation sites (tertiary alicyclic amines) is 1. The van der Waals surface area contributed by atoms with Gasteiger partial charge in [-0.05, 0) is 19.1 Å². The highest BCUT2D eigenvalue weighted by Crippen LogP contribution is 2.32. The number of hydrogen-bond acceptors (Lipinski definition) is 6. The Morgan fingerprint density at radius 2 is 2.11 bits per heavy atom. The lowest BCUT2D eigenvalue weighted by molar-refractivity contribution is -0.130. The van der Waals surface area contributed by atoms with Crippen molar-refractivity contribution in [2.75, 3.05) is 13.1 Å². The number of carbonyl (C=O) groups excluding carboxylic acids is 2. The van der Waals surface area contributed by atoms with Gasteiger partial charge in [0, 0.05) is 25.9 Å². The molecule has 2 unspecified atom stereocenters. The lowest BCUT2D eigenvalue weighted by Gasteiger charge is -2.15. The third-order valence-corrected chi connectivity index (χ3v) is 4.91. The van der Waals surface area contributed by atoms with Gasteiger partial charge in [-0.15, -0.1) is 0 Å². The van der Waals surface area contributed by atoms with Crippen molar-refractivity contribution in [3.63, 3.8) is 0 Å². The number of para-hydroxylation sites is 2. The van der Waals surface area contributed by atoms with E-state index >= 15 is 0 Å². The number of nitrogens with zero attached hydrogens (tertiary/aromatic N) is 4. The van der Waals surface area contributed by atoms with Crippen LogP contribution >= 0.6 is 0 Å². The Bertz CT molecular complexity index is 961.